The number of esters is 1. The summed E-state index contributed by atoms with van der Waals surface area (Å²) in [5.41, 5.74) is -1.72. The van der Waals surface area contributed by atoms with Crippen LogP contribution in [0.2, 0.25) is 0 Å². The lowest BCUT2D eigenvalue weighted by Crippen LogP contribution is -2.39. The van der Waals surface area contributed by atoms with Gasteiger partial charge in [0.05, 0.1) is 13.2 Å². The fourth-order valence-corrected chi connectivity index (χ4v) is 4.66. The van der Waals surface area contributed by atoms with Crippen LogP contribution in [0.4, 0.5) is 0 Å². The molecule has 0 radical (unpaired) electrons. The van der Waals surface area contributed by atoms with Gasteiger partial charge in [-0.05, 0) is 25.0 Å². The standard InChI is InChI=1S/C21H29N4O10P/c1-12(2)10-32-20(29)13(3)24-36(31,35-14-7-5-4-6-8-14)33-11-15-17(27)18(28)19(34-15)25-21(30)23-16(26)9-22-25/h4-9,12-13,15,17-19,27-28H,10-11H2,1-3H3,(H,24,31)(H,23,26,30)/t13-,15+,17-,18?,19+,36?/m0/s1. The molecule has 2 unspecified atom stereocenters. The van der Waals surface area contributed by atoms with Crippen molar-refractivity contribution in [2.75, 3.05) is 13.2 Å². The Kier molecular flexibility index (Phi) is 9.17. The molecule has 1 saturated heterocycles. The Morgan fingerprint density at radius 1 is 1.22 bits per heavy atom. The van der Waals surface area contributed by atoms with Gasteiger partial charge in [-0.2, -0.15) is 14.9 Å². The van der Waals surface area contributed by atoms with E-state index in [9.17, 15) is 29.2 Å². The van der Waals surface area contributed by atoms with Crippen molar-refractivity contribution in [2.24, 2.45) is 5.92 Å². The highest BCUT2D eigenvalue weighted by Gasteiger charge is 2.46. The Bertz CT molecular complexity index is 1190. The molecule has 6 atom stereocenters. The summed E-state index contributed by atoms with van der Waals surface area (Å²) in [4.78, 5) is 37.5. The third-order valence-electron chi connectivity index (χ3n) is 4.96. The second-order valence-electron chi connectivity index (χ2n) is 8.50. The molecule has 1 aliphatic rings. The van der Waals surface area contributed by atoms with Crippen LogP contribution in [0.5, 0.6) is 5.75 Å². The second kappa shape index (κ2) is 11.9. The van der Waals surface area contributed by atoms with Crippen molar-refractivity contribution in [3.63, 3.8) is 0 Å². The molecule has 1 aromatic carbocycles. The number of nitrogens with one attached hydrogen (secondary N) is 2. The first-order chi connectivity index (χ1) is 17.0. The van der Waals surface area contributed by atoms with Gasteiger partial charge in [-0.15, -0.1) is 0 Å². The summed E-state index contributed by atoms with van der Waals surface area (Å²) in [5, 5.41) is 26.9. The number of aliphatic hydroxyl groups excluding tert-OH is 2. The first-order valence-electron chi connectivity index (χ1n) is 11.1. The maximum Gasteiger partial charge on any atom is 0.459 e. The highest BCUT2D eigenvalue weighted by molar-refractivity contribution is 7.52. The van der Waals surface area contributed by atoms with Crippen molar-refractivity contribution in [1.29, 1.82) is 0 Å². The third kappa shape index (κ3) is 7.09. The predicted octanol–water partition coefficient (Wildman–Crippen LogP) is -0.0682. The van der Waals surface area contributed by atoms with Crippen LogP contribution in [0, 0.1) is 5.92 Å². The van der Waals surface area contributed by atoms with E-state index >= 15 is 0 Å². The Morgan fingerprint density at radius 3 is 2.56 bits per heavy atom. The zero-order valence-corrected chi connectivity index (χ0v) is 20.7. The summed E-state index contributed by atoms with van der Waals surface area (Å²) < 4.78 is 35.9. The summed E-state index contributed by atoms with van der Waals surface area (Å²) >= 11 is 0. The number of para-hydroxylation sites is 1. The van der Waals surface area contributed by atoms with Gasteiger partial charge in [0.1, 0.15) is 36.3 Å². The lowest BCUT2D eigenvalue weighted by Gasteiger charge is -2.24. The van der Waals surface area contributed by atoms with Gasteiger partial charge in [-0.25, -0.2) is 9.36 Å². The number of rotatable bonds is 11. The predicted molar refractivity (Wildman–Crippen MR) is 124 cm³/mol. The van der Waals surface area contributed by atoms with Crippen molar-refractivity contribution < 1.29 is 38.1 Å². The van der Waals surface area contributed by atoms with Crippen molar-refractivity contribution in [3.05, 3.63) is 57.4 Å². The number of benzene rings is 1. The van der Waals surface area contributed by atoms with E-state index in [0.717, 1.165) is 6.20 Å². The monoisotopic (exact) mass is 528 g/mol. The molecular weight excluding hydrogens is 499 g/mol. The van der Waals surface area contributed by atoms with Crippen LogP contribution in [0.3, 0.4) is 0 Å². The Labute approximate surface area is 205 Å². The van der Waals surface area contributed by atoms with Crippen LogP contribution in [-0.4, -0.2) is 68.5 Å². The van der Waals surface area contributed by atoms with Gasteiger partial charge in [0.2, 0.25) is 0 Å². The maximum atomic E-state index is 13.6. The summed E-state index contributed by atoms with van der Waals surface area (Å²) in [5.74, 6) is -0.416. The minimum atomic E-state index is -4.26. The van der Waals surface area contributed by atoms with Crippen molar-refractivity contribution in [2.45, 2.75) is 51.4 Å². The van der Waals surface area contributed by atoms with Crippen LogP contribution >= 0.6 is 7.75 Å². The van der Waals surface area contributed by atoms with Crippen LogP contribution in [-0.2, 0) is 23.4 Å². The van der Waals surface area contributed by atoms with Gasteiger partial charge in [0.15, 0.2) is 6.23 Å². The number of hydrogen-bond donors (Lipinski definition) is 4. The summed E-state index contributed by atoms with van der Waals surface area (Å²) in [6.07, 6.45) is -5.12. The van der Waals surface area contributed by atoms with E-state index in [0.29, 0.717) is 4.68 Å². The topological polar surface area (TPSA) is 191 Å². The van der Waals surface area contributed by atoms with Gasteiger partial charge in [0, 0.05) is 0 Å². The molecule has 0 bridgehead atoms. The fraction of sp³-hybridized carbons (Fsp3) is 0.524. The SMILES string of the molecule is CC(C)COC(=O)[C@H](C)NP(=O)(OC[C@H]1O[C@@H](n2ncc(=O)[nH]c2=O)C(O)[C@H]1O)Oc1ccccc1. The minimum absolute atomic E-state index is 0.0922. The van der Waals surface area contributed by atoms with Gasteiger partial charge >= 0.3 is 19.4 Å². The second-order valence-corrected chi connectivity index (χ2v) is 10.2. The normalized spacial score (nSPS) is 24.3. The molecule has 1 aliphatic heterocycles. The highest BCUT2D eigenvalue weighted by Crippen LogP contribution is 2.45. The van der Waals surface area contributed by atoms with E-state index < -0.39 is 62.2 Å². The molecule has 0 spiro atoms. The number of aliphatic hydroxyl groups is 2. The molecule has 1 aromatic heterocycles. The molecule has 36 heavy (non-hydrogen) atoms. The number of hydrogen-bond acceptors (Lipinski definition) is 11. The van der Waals surface area contributed by atoms with Crippen molar-refractivity contribution in [3.8, 4) is 5.75 Å². The van der Waals surface area contributed by atoms with Crippen LogP contribution in [0.25, 0.3) is 0 Å². The summed E-state index contributed by atoms with van der Waals surface area (Å²) in [6, 6.07) is 6.95. The van der Waals surface area contributed by atoms with E-state index in [2.05, 4.69) is 10.2 Å². The molecule has 2 heterocycles. The molecule has 0 saturated carbocycles. The molecule has 0 aliphatic carbocycles. The molecule has 14 nitrogen and oxygen atoms in total. The highest BCUT2D eigenvalue weighted by atomic mass is 31.2. The number of nitrogens with zero attached hydrogens (tertiary/aromatic N) is 2. The minimum Gasteiger partial charge on any atom is -0.464 e. The van der Waals surface area contributed by atoms with Crippen molar-refractivity contribution in [1.82, 2.24) is 19.9 Å². The molecule has 2 aromatic rings. The molecular formula is C21H29N4O10P. The van der Waals surface area contributed by atoms with Crippen LogP contribution in [0.1, 0.15) is 27.0 Å². The van der Waals surface area contributed by atoms with E-state index in [1.54, 1.807) is 18.2 Å². The number of carbonyl (C=O) groups is 1. The number of carbonyl (C=O) groups excluding carboxylic acids is 1. The first kappa shape index (κ1) is 27.7. The van der Waals surface area contributed by atoms with E-state index in [4.69, 9.17) is 18.5 Å². The third-order valence-corrected chi connectivity index (χ3v) is 6.60. The Hall–Kier alpha value is -2.87. The molecule has 15 heteroatoms. The average Bonchev–Trinajstić information content (AvgIpc) is 3.10. The van der Waals surface area contributed by atoms with Crippen molar-refractivity contribution >= 4 is 13.7 Å². The molecule has 4 N–H and O–H groups in total. The van der Waals surface area contributed by atoms with E-state index in [1.165, 1.54) is 19.1 Å². The lowest BCUT2D eigenvalue weighted by atomic mass is 10.1. The zero-order valence-electron chi connectivity index (χ0n) is 19.8. The zero-order chi connectivity index (χ0) is 26.5. The molecule has 3 rings (SSSR count). The van der Waals surface area contributed by atoms with Gasteiger partial charge < -0.3 is 24.2 Å². The number of aromatic amines is 1. The quantitative estimate of drug-likeness (QED) is 0.225. The largest absolute Gasteiger partial charge is 0.464 e. The van der Waals surface area contributed by atoms with Crippen LogP contribution < -0.4 is 20.9 Å². The molecule has 198 valence electrons. The molecule has 0 amide bonds. The number of ether oxygens (including phenoxy) is 2. The maximum absolute atomic E-state index is 13.6. The van der Waals surface area contributed by atoms with Crippen LogP contribution in [0.15, 0.2) is 46.1 Å². The van der Waals surface area contributed by atoms with Gasteiger partial charge in [0.25, 0.3) is 5.56 Å². The Balaban J connectivity index is 1.74. The number of aromatic nitrogens is 3. The fourth-order valence-electron chi connectivity index (χ4n) is 3.16. The Morgan fingerprint density at radius 2 is 1.92 bits per heavy atom. The smallest absolute Gasteiger partial charge is 0.459 e. The van der Waals surface area contributed by atoms with Gasteiger partial charge in [-0.1, -0.05) is 32.0 Å². The summed E-state index contributed by atoms with van der Waals surface area (Å²) in [7, 11) is -4.26. The summed E-state index contributed by atoms with van der Waals surface area (Å²) in [6.45, 7) is 4.74. The van der Waals surface area contributed by atoms with E-state index in [1.807, 2.05) is 18.8 Å². The van der Waals surface area contributed by atoms with Gasteiger partial charge in [-0.3, -0.25) is 19.1 Å². The first-order valence-corrected chi connectivity index (χ1v) is 12.7. The lowest BCUT2D eigenvalue weighted by molar-refractivity contribution is -0.146. The van der Waals surface area contributed by atoms with E-state index in [-0.39, 0.29) is 18.3 Å². The average molecular weight is 528 g/mol. The number of H-pyrrole nitrogens is 1. The molecule has 1 fully saturated rings.